The molecule has 1 saturated heterocycles. The third-order valence-electron chi connectivity index (χ3n) is 4.41. The maximum absolute atomic E-state index is 6.01. The van der Waals surface area contributed by atoms with E-state index >= 15 is 0 Å². The van der Waals surface area contributed by atoms with Gasteiger partial charge in [0.25, 0.3) is 0 Å². The number of anilines is 1. The van der Waals surface area contributed by atoms with Crippen LogP contribution >= 0.6 is 11.6 Å². The molecule has 2 aromatic carbocycles. The van der Waals surface area contributed by atoms with E-state index in [4.69, 9.17) is 21.1 Å². The van der Waals surface area contributed by atoms with Crippen LogP contribution in [0.3, 0.4) is 0 Å². The molecule has 4 nitrogen and oxygen atoms in total. The molecule has 4 rings (SSSR count). The summed E-state index contributed by atoms with van der Waals surface area (Å²) in [5, 5.41) is 0.734. The third-order valence-corrected chi connectivity index (χ3v) is 4.66. The molecule has 0 bridgehead atoms. The lowest BCUT2D eigenvalue weighted by Gasteiger charge is -2.26. The molecule has 3 aromatic rings. The fraction of sp³-hybridized carbons (Fsp3) is 0.200. The van der Waals surface area contributed by atoms with E-state index < -0.39 is 0 Å². The van der Waals surface area contributed by atoms with Crippen LogP contribution in [0.1, 0.15) is 11.8 Å². The van der Waals surface area contributed by atoms with Crippen molar-refractivity contribution in [3.05, 3.63) is 77.6 Å². The first-order valence-electron chi connectivity index (χ1n) is 8.21. The van der Waals surface area contributed by atoms with Crippen molar-refractivity contribution in [2.24, 2.45) is 0 Å². The molecule has 1 aliphatic heterocycles. The van der Waals surface area contributed by atoms with Crippen LogP contribution in [0, 0.1) is 0 Å². The highest BCUT2D eigenvalue weighted by atomic mass is 35.5. The van der Waals surface area contributed by atoms with Crippen molar-refractivity contribution in [3.63, 3.8) is 0 Å². The Kier molecular flexibility index (Phi) is 4.38. The molecule has 0 spiro atoms. The second-order valence-corrected chi connectivity index (χ2v) is 6.35. The van der Waals surface area contributed by atoms with Gasteiger partial charge in [0.15, 0.2) is 6.23 Å². The highest BCUT2D eigenvalue weighted by molar-refractivity contribution is 6.30. The van der Waals surface area contributed by atoms with Crippen LogP contribution in [0.4, 0.5) is 5.69 Å². The minimum Gasteiger partial charge on any atom is -0.495 e. The molecule has 25 heavy (non-hydrogen) atoms. The van der Waals surface area contributed by atoms with E-state index in [1.165, 1.54) is 0 Å². The second kappa shape index (κ2) is 6.82. The number of para-hydroxylation sites is 2. The van der Waals surface area contributed by atoms with Gasteiger partial charge in [0, 0.05) is 35.2 Å². The molecular formula is C20H19ClN2O2. The maximum atomic E-state index is 6.01. The normalized spacial score (nSPS) is 17.0. The summed E-state index contributed by atoms with van der Waals surface area (Å²) < 4.78 is 13.6. The number of nitrogens with zero attached hydrogens (tertiary/aromatic N) is 2. The van der Waals surface area contributed by atoms with Crippen LogP contribution in [0.5, 0.6) is 5.75 Å². The Hall–Kier alpha value is -2.43. The zero-order valence-electron chi connectivity index (χ0n) is 13.9. The van der Waals surface area contributed by atoms with Gasteiger partial charge in [0.2, 0.25) is 0 Å². The quantitative estimate of drug-likeness (QED) is 0.681. The van der Waals surface area contributed by atoms with E-state index in [0.717, 1.165) is 34.3 Å². The van der Waals surface area contributed by atoms with Crippen LogP contribution in [0.15, 0.2) is 67.0 Å². The molecule has 0 amide bonds. The monoisotopic (exact) mass is 354 g/mol. The number of aromatic nitrogens is 1. The predicted molar refractivity (Wildman–Crippen MR) is 99.8 cm³/mol. The standard InChI is InChI=1S/C20H19ClN2O2/c1-24-19-5-3-2-4-18(19)23-12-13-25-20(23)15-10-11-22(14-15)17-8-6-16(21)7-9-17/h2-11,14,20H,12-13H2,1H3. The molecule has 1 atom stereocenters. The Bertz CT molecular complexity index is 860. The molecule has 2 heterocycles. The number of halogens is 1. The van der Waals surface area contributed by atoms with Crippen molar-refractivity contribution in [2.75, 3.05) is 25.2 Å². The molecular weight excluding hydrogens is 336 g/mol. The molecule has 0 N–H and O–H groups in total. The van der Waals surface area contributed by atoms with Crippen molar-refractivity contribution >= 4 is 17.3 Å². The number of benzene rings is 2. The van der Waals surface area contributed by atoms with Gasteiger partial charge < -0.3 is 18.9 Å². The summed E-state index contributed by atoms with van der Waals surface area (Å²) in [6.07, 6.45) is 4.02. The lowest BCUT2D eigenvalue weighted by Crippen LogP contribution is -2.23. The molecule has 1 unspecified atom stereocenters. The number of rotatable bonds is 4. The highest BCUT2D eigenvalue weighted by Crippen LogP contribution is 2.37. The van der Waals surface area contributed by atoms with Crippen LogP contribution in [-0.2, 0) is 4.74 Å². The molecule has 1 fully saturated rings. The van der Waals surface area contributed by atoms with Crippen molar-refractivity contribution in [2.45, 2.75) is 6.23 Å². The summed E-state index contributed by atoms with van der Waals surface area (Å²) in [7, 11) is 1.70. The van der Waals surface area contributed by atoms with Crippen molar-refractivity contribution < 1.29 is 9.47 Å². The summed E-state index contributed by atoms with van der Waals surface area (Å²) >= 11 is 5.98. The molecule has 1 aliphatic rings. The number of hydrogen-bond donors (Lipinski definition) is 0. The summed E-state index contributed by atoms with van der Waals surface area (Å²) in [4.78, 5) is 2.24. The Balaban J connectivity index is 1.64. The van der Waals surface area contributed by atoms with Crippen molar-refractivity contribution in [1.29, 1.82) is 0 Å². The highest BCUT2D eigenvalue weighted by Gasteiger charge is 2.29. The minimum atomic E-state index is -0.121. The van der Waals surface area contributed by atoms with Gasteiger partial charge >= 0.3 is 0 Å². The fourth-order valence-electron chi connectivity index (χ4n) is 3.19. The van der Waals surface area contributed by atoms with Gasteiger partial charge in [0.05, 0.1) is 19.4 Å². The fourth-order valence-corrected chi connectivity index (χ4v) is 3.32. The molecule has 1 aromatic heterocycles. The van der Waals surface area contributed by atoms with Gasteiger partial charge in [-0.1, -0.05) is 23.7 Å². The molecule has 0 radical (unpaired) electrons. The van der Waals surface area contributed by atoms with Gasteiger partial charge in [-0.2, -0.15) is 0 Å². The third kappa shape index (κ3) is 3.11. The zero-order chi connectivity index (χ0) is 17.2. The maximum Gasteiger partial charge on any atom is 0.158 e. The summed E-state index contributed by atoms with van der Waals surface area (Å²) in [5.74, 6) is 0.857. The van der Waals surface area contributed by atoms with E-state index in [9.17, 15) is 0 Å². The number of ether oxygens (including phenoxy) is 2. The largest absolute Gasteiger partial charge is 0.495 e. The summed E-state index contributed by atoms with van der Waals surface area (Å²) in [6.45, 7) is 1.52. The van der Waals surface area contributed by atoms with E-state index in [-0.39, 0.29) is 6.23 Å². The first-order chi connectivity index (χ1) is 12.3. The lowest BCUT2D eigenvalue weighted by molar-refractivity contribution is 0.113. The summed E-state index contributed by atoms with van der Waals surface area (Å²) in [6, 6.07) is 17.9. The molecule has 5 heteroatoms. The van der Waals surface area contributed by atoms with Crippen LogP contribution < -0.4 is 9.64 Å². The Morgan fingerprint density at radius 2 is 1.88 bits per heavy atom. The van der Waals surface area contributed by atoms with Crippen LogP contribution in [0.25, 0.3) is 5.69 Å². The van der Waals surface area contributed by atoms with Crippen LogP contribution in [-0.4, -0.2) is 24.8 Å². The van der Waals surface area contributed by atoms with Gasteiger partial charge in [-0.05, 0) is 42.5 Å². The average molecular weight is 355 g/mol. The lowest BCUT2D eigenvalue weighted by atomic mass is 10.2. The van der Waals surface area contributed by atoms with E-state index in [1.807, 2.05) is 48.7 Å². The predicted octanol–water partition coefficient (Wildman–Crippen LogP) is 4.67. The second-order valence-electron chi connectivity index (χ2n) is 5.92. The average Bonchev–Trinajstić information content (AvgIpc) is 3.31. The van der Waals surface area contributed by atoms with E-state index in [2.05, 4.69) is 27.8 Å². The van der Waals surface area contributed by atoms with Gasteiger partial charge in [-0.15, -0.1) is 0 Å². The van der Waals surface area contributed by atoms with E-state index in [0.29, 0.717) is 6.61 Å². The zero-order valence-corrected chi connectivity index (χ0v) is 14.7. The molecule has 0 aliphatic carbocycles. The smallest absolute Gasteiger partial charge is 0.158 e. The minimum absolute atomic E-state index is 0.121. The first-order valence-corrected chi connectivity index (χ1v) is 8.59. The Morgan fingerprint density at radius 1 is 1.08 bits per heavy atom. The number of hydrogen-bond acceptors (Lipinski definition) is 3. The topological polar surface area (TPSA) is 26.6 Å². The van der Waals surface area contributed by atoms with Crippen molar-refractivity contribution in [1.82, 2.24) is 4.57 Å². The van der Waals surface area contributed by atoms with E-state index in [1.54, 1.807) is 7.11 Å². The molecule has 0 saturated carbocycles. The molecule has 128 valence electrons. The summed E-state index contributed by atoms with van der Waals surface area (Å²) in [5.41, 5.74) is 3.22. The van der Waals surface area contributed by atoms with Gasteiger partial charge in [0.1, 0.15) is 5.75 Å². The SMILES string of the molecule is COc1ccccc1N1CCOC1c1ccn(-c2ccc(Cl)cc2)c1. The Morgan fingerprint density at radius 3 is 2.68 bits per heavy atom. The van der Waals surface area contributed by atoms with Gasteiger partial charge in [-0.25, -0.2) is 0 Å². The van der Waals surface area contributed by atoms with Crippen LogP contribution in [0.2, 0.25) is 5.02 Å². The van der Waals surface area contributed by atoms with Crippen molar-refractivity contribution in [3.8, 4) is 11.4 Å². The number of methoxy groups -OCH3 is 1. The first kappa shape index (κ1) is 16.1. The Labute approximate surface area is 152 Å². The van der Waals surface area contributed by atoms with Gasteiger partial charge in [-0.3, -0.25) is 0 Å².